The SMILES string of the molecule is COCCCN(Cc1ccc(F)cc1)Cc1ccc(C(=O)OC)o1. The highest BCUT2D eigenvalue weighted by Gasteiger charge is 2.14. The lowest BCUT2D eigenvalue weighted by molar-refractivity contribution is 0.0560. The molecule has 130 valence electrons. The third kappa shape index (κ3) is 5.47. The van der Waals surface area contributed by atoms with E-state index in [4.69, 9.17) is 9.15 Å². The van der Waals surface area contributed by atoms with Crippen molar-refractivity contribution in [1.29, 1.82) is 0 Å². The summed E-state index contributed by atoms with van der Waals surface area (Å²) in [5.74, 6) is 0.116. The van der Waals surface area contributed by atoms with Crippen LogP contribution < -0.4 is 0 Å². The molecule has 1 aromatic heterocycles. The molecule has 0 unspecified atom stereocenters. The maximum absolute atomic E-state index is 13.0. The van der Waals surface area contributed by atoms with Crippen molar-refractivity contribution in [3.63, 3.8) is 0 Å². The number of methoxy groups -OCH3 is 2. The third-order valence-electron chi connectivity index (χ3n) is 3.57. The number of esters is 1. The molecule has 0 fully saturated rings. The van der Waals surface area contributed by atoms with Crippen molar-refractivity contribution in [1.82, 2.24) is 4.90 Å². The predicted octanol–water partition coefficient (Wildman–Crippen LogP) is 3.24. The lowest BCUT2D eigenvalue weighted by atomic mass is 10.2. The Labute approximate surface area is 141 Å². The third-order valence-corrected chi connectivity index (χ3v) is 3.57. The number of nitrogens with zero attached hydrogens (tertiary/aromatic N) is 1. The summed E-state index contributed by atoms with van der Waals surface area (Å²) in [6.07, 6.45) is 0.863. The first-order valence-electron chi connectivity index (χ1n) is 7.75. The van der Waals surface area contributed by atoms with Crippen molar-refractivity contribution in [2.24, 2.45) is 0 Å². The van der Waals surface area contributed by atoms with E-state index in [0.29, 0.717) is 25.5 Å². The van der Waals surface area contributed by atoms with Crippen molar-refractivity contribution in [3.05, 3.63) is 59.3 Å². The minimum absolute atomic E-state index is 0.186. The Morgan fingerprint density at radius 1 is 1.12 bits per heavy atom. The van der Waals surface area contributed by atoms with Gasteiger partial charge in [-0.05, 0) is 36.2 Å². The maximum atomic E-state index is 13.0. The molecule has 1 aromatic carbocycles. The standard InChI is InChI=1S/C18H22FNO4/c1-22-11-3-10-20(12-14-4-6-15(19)7-5-14)13-16-8-9-17(24-16)18(21)23-2/h4-9H,3,10-13H2,1-2H3. The first kappa shape index (κ1) is 18.2. The van der Waals surface area contributed by atoms with Crippen LogP contribution in [0.15, 0.2) is 40.8 Å². The van der Waals surface area contributed by atoms with E-state index in [2.05, 4.69) is 9.64 Å². The van der Waals surface area contributed by atoms with Crippen LogP contribution in [0.2, 0.25) is 0 Å². The molecular weight excluding hydrogens is 313 g/mol. The van der Waals surface area contributed by atoms with Gasteiger partial charge in [-0.15, -0.1) is 0 Å². The van der Waals surface area contributed by atoms with Gasteiger partial charge < -0.3 is 13.9 Å². The molecule has 0 aliphatic rings. The molecule has 24 heavy (non-hydrogen) atoms. The molecule has 0 radical (unpaired) electrons. The number of hydrogen-bond donors (Lipinski definition) is 0. The summed E-state index contributed by atoms with van der Waals surface area (Å²) in [7, 11) is 2.98. The van der Waals surface area contributed by atoms with Crippen LogP contribution in [0.4, 0.5) is 4.39 Å². The lowest BCUT2D eigenvalue weighted by Gasteiger charge is -2.21. The van der Waals surface area contributed by atoms with Crippen LogP contribution >= 0.6 is 0 Å². The first-order chi connectivity index (χ1) is 11.6. The molecule has 0 spiro atoms. The number of ether oxygens (including phenoxy) is 2. The summed E-state index contributed by atoms with van der Waals surface area (Å²) in [5.41, 5.74) is 1.01. The molecule has 0 saturated heterocycles. The van der Waals surface area contributed by atoms with E-state index in [1.165, 1.54) is 19.2 Å². The fourth-order valence-electron chi connectivity index (χ4n) is 2.39. The minimum Gasteiger partial charge on any atom is -0.463 e. The Hall–Kier alpha value is -2.18. The smallest absolute Gasteiger partial charge is 0.373 e. The zero-order chi connectivity index (χ0) is 17.4. The Morgan fingerprint density at radius 3 is 2.54 bits per heavy atom. The van der Waals surface area contributed by atoms with Crippen LogP contribution in [0, 0.1) is 5.82 Å². The second-order valence-electron chi connectivity index (χ2n) is 5.44. The summed E-state index contributed by atoms with van der Waals surface area (Å²) >= 11 is 0. The van der Waals surface area contributed by atoms with Crippen LogP contribution in [-0.2, 0) is 22.6 Å². The number of rotatable bonds is 9. The van der Waals surface area contributed by atoms with Gasteiger partial charge in [-0.25, -0.2) is 9.18 Å². The highest BCUT2D eigenvalue weighted by molar-refractivity contribution is 5.86. The summed E-state index contributed by atoms with van der Waals surface area (Å²) in [5, 5.41) is 0. The van der Waals surface area contributed by atoms with Gasteiger partial charge in [0.25, 0.3) is 0 Å². The molecule has 0 aliphatic heterocycles. The van der Waals surface area contributed by atoms with Crippen LogP contribution in [0.1, 0.15) is 28.3 Å². The normalized spacial score (nSPS) is 11.0. The number of benzene rings is 1. The predicted molar refractivity (Wildman–Crippen MR) is 87.1 cm³/mol. The summed E-state index contributed by atoms with van der Waals surface area (Å²) in [6.45, 7) is 2.64. The number of carbonyl (C=O) groups is 1. The zero-order valence-electron chi connectivity index (χ0n) is 14.0. The van der Waals surface area contributed by atoms with E-state index in [9.17, 15) is 9.18 Å². The van der Waals surface area contributed by atoms with Crippen LogP contribution in [0.3, 0.4) is 0 Å². The van der Waals surface area contributed by atoms with Gasteiger partial charge >= 0.3 is 5.97 Å². The van der Waals surface area contributed by atoms with Gasteiger partial charge in [0.15, 0.2) is 0 Å². The van der Waals surface area contributed by atoms with E-state index in [1.807, 2.05) is 0 Å². The quantitative estimate of drug-likeness (QED) is 0.520. The Morgan fingerprint density at radius 2 is 1.88 bits per heavy atom. The number of carbonyl (C=O) groups excluding carboxylic acids is 1. The van der Waals surface area contributed by atoms with Crippen molar-refractivity contribution < 1.29 is 23.1 Å². The van der Waals surface area contributed by atoms with Crippen molar-refractivity contribution in [3.8, 4) is 0 Å². The molecule has 0 amide bonds. The van der Waals surface area contributed by atoms with Crippen LogP contribution in [0.25, 0.3) is 0 Å². The van der Waals surface area contributed by atoms with Gasteiger partial charge in [0.05, 0.1) is 13.7 Å². The highest BCUT2D eigenvalue weighted by atomic mass is 19.1. The van der Waals surface area contributed by atoms with Crippen molar-refractivity contribution >= 4 is 5.97 Å². The topological polar surface area (TPSA) is 51.9 Å². The Balaban J connectivity index is 2.03. The molecule has 1 heterocycles. The summed E-state index contributed by atoms with van der Waals surface area (Å²) in [4.78, 5) is 13.6. The van der Waals surface area contributed by atoms with Gasteiger partial charge in [-0.1, -0.05) is 12.1 Å². The summed E-state index contributed by atoms with van der Waals surface area (Å²) in [6, 6.07) is 9.80. The van der Waals surface area contributed by atoms with Crippen LogP contribution in [-0.4, -0.2) is 38.2 Å². The molecule has 2 aromatic rings. The van der Waals surface area contributed by atoms with E-state index in [-0.39, 0.29) is 11.6 Å². The van der Waals surface area contributed by atoms with Crippen LogP contribution in [0.5, 0.6) is 0 Å². The van der Waals surface area contributed by atoms with Crippen molar-refractivity contribution in [2.45, 2.75) is 19.5 Å². The van der Waals surface area contributed by atoms with E-state index in [0.717, 1.165) is 18.5 Å². The fraction of sp³-hybridized carbons (Fsp3) is 0.389. The number of halogens is 1. The second kappa shape index (κ2) is 9.20. The van der Waals surface area contributed by atoms with Gasteiger partial charge in [-0.2, -0.15) is 0 Å². The van der Waals surface area contributed by atoms with Gasteiger partial charge in [0.1, 0.15) is 11.6 Å². The molecule has 0 bridgehead atoms. The Kier molecular flexibility index (Phi) is 6.96. The molecule has 5 nitrogen and oxygen atoms in total. The molecule has 0 saturated carbocycles. The molecule has 0 N–H and O–H groups in total. The first-order valence-corrected chi connectivity index (χ1v) is 7.75. The average molecular weight is 335 g/mol. The van der Waals surface area contributed by atoms with E-state index in [1.54, 1.807) is 31.4 Å². The van der Waals surface area contributed by atoms with E-state index < -0.39 is 5.97 Å². The zero-order valence-corrected chi connectivity index (χ0v) is 14.0. The Bertz CT molecular complexity index is 639. The fourth-order valence-corrected chi connectivity index (χ4v) is 2.39. The van der Waals surface area contributed by atoms with Crippen molar-refractivity contribution in [2.75, 3.05) is 27.4 Å². The molecular formula is C18H22FNO4. The highest BCUT2D eigenvalue weighted by Crippen LogP contribution is 2.15. The molecule has 0 atom stereocenters. The molecule has 0 aliphatic carbocycles. The number of furan rings is 1. The molecule has 6 heteroatoms. The maximum Gasteiger partial charge on any atom is 0.373 e. The van der Waals surface area contributed by atoms with Gasteiger partial charge in [-0.3, -0.25) is 4.90 Å². The monoisotopic (exact) mass is 335 g/mol. The largest absolute Gasteiger partial charge is 0.463 e. The van der Waals surface area contributed by atoms with Gasteiger partial charge in [0.2, 0.25) is 5.76 Å². The second-order valence-corrected chi connectivity index (χ2v) is 5.44. The lowest BCUT2D eigenvalue weighted by Crippen LogP contribution is -2.24. The average Bonchev–Trinajstić information content (AvgIpc) is 3.05. The minimum atomic E-state index is -0.495. The number of hydrogen-bond acceptors (Lipinski definition) is 5. The van der Waals surface area contributed by atoms with E-state index >= 15 is 0 Å². The summed E-state index contributed by atoms with van der Waals surface area (Å²) < 4.78 is 28.3. The molecule has 2 rings (SSSR count). The van der Waals surface area contributed by atoms with Gasteiger partial charge in [0, 0.05) is 26.8 Å².